The zero-order valence-corrected chi connectivity index (χ0v) is 16.0. The third kappa shape index (κ3) is 2.89. The molecule has 130 valence electrons. The summed E-state index contributed by atoms with van der Waals surface area (Å²) in [4.78, 5) is 0. The minimum Gasteiger partial charge on any atom is -0.103 e. The molecule has 0 aromatic rings. The molecule has 0 saturated heterocycles. The molecular weight excluding hydrogens is 288 g/mol. The minimum absolute atomic E-state index is 0.367. The van der Waals surface area contributed by atoms with Crippen LogP contribution >= 0.6 is 0 Å². The van der Waals surface area contributed by atoms with E-state index in [1.807, 2.05) is 6.08 Å². The highest BCUT2D eigenvalue weighted by Crippen LogP contribution is 2.58. The zero-order chi connectivity index (χ0) is 17.3. The number of fused-ring (bicyclic) bond motifs is 4. The Bertz CT molecular complexity index is 624. The molecule has 0 bridgehead atoms. The fourth-order valence-corrected chi connectivity index (χ4v) is 5.25. The van der Waals surface area contributed by atoms with Crippen molar-refractivity contribution in [2.75, 3.05) is 0 Å². The average molecular weight is 323 g/mol. The highest BCUT2D eigenvalue weighted by molar-refractivity contribution is 5.52. The topological polar surface area (TPSA) is 0 Å². The van der Waals surface area contributed by atoms with Gasteiger partial charge in [-0.2, -0.15) is 0 Å². The van der Waals surface area contributed by atoms with E-state index >= 15 is 0 Å². The summed E-state index contributed by atoms with van der Waals surface area (Å²) in [6.07, 6.45) is 17.1. The summed E-state index contributed by atoms with van der Waals surface area (Å²) in [5.41, 5.74) is 8.73. The van der Waals surface area contributed by atoms with Gasteiger partial charge < -0.3 is 0 Å². The van der Waals surface area contributed by atoms with Gasteiger partial charge in [0, 0.05) is 5.41 Å². The summed E-state index contributed by atoms with van der Waals surface area (Å²) in [5.74, 6) is 1.76. The van der Waals surface area contributed by atoms with Gasteiger partial charge in [-0.25, -0.2) is 0 Å². The molecule has 0 aromatic carbocycles. The summed E-state index contributed by atoms with van der Waals surface area (Å²) >= 11 is 0. The van der Waals surface area contributed by atoms with Crippen LogP contribution in [0.1, 0.15) is 72.1 Å². The van der Waals surface area contributed by atoms with Crippen molar-refractivity contribution in [1.82, 2.24) is 0 Å². The summed E-state index contributed by atoms with van der Waals surface area (Å²) in [6, 6.07) is 0. The average Bonchev–Trinajstić information content (AvgIpc) is 2.97. The van der Waals surface area contributed by atoms with Crippen LogP contribution in [0.4, 0.5) is 0 Å². The first-order chi connectivity index (χ1) is 11.5. The van der Waals surface area contributed by atoms with Crippen LogP contribution in [0, 0.1) is 17.3 Å². The quantitative estimate of drug-likeness (QED) is 0.444. The molecule has 24 heavy (non-hydrogen) atoms. The van der Waals surface area contributed by atoms with E-state index in [9.17, 15) is 0 Å². The van der Waals surface area contributed by atoms with Crippen LogP contribution in [0.5, 0.6) is 0 Å². The summed E-state index contributed by atoms with van der Waals surface area (Å²) in [6.45, 7) is 14.7. The van der Waals surface area contributed by atoms with Crippen LogP contribution in [0.25, 0.3) is 0 Å². The lowest BCUT2D eigenvalue weighted by atomic mass is 9.58. The third-order valence-corrected chi connectivity index (χ3v) is 6.85. The monoisotopic (exact) mass is 322 g/mol. The van der Waals surface area contributed by atoms with Crippen molar-refractivity contribution in [2.45, 2.75) is 72.1 Å². The molecule has 0 radical (unpaired) electrons. The van der Waals surface area contributed by atoms with Gasteiger partial charge in [0.2, 0.25) is 0 Å². The standard InChI is InChI=1S/C20H26.C4H8/c1-13-10-11-20(3)15(12-13)5-7-18-17-6-4-14(2)16(17)8-9-19(18)20;1-3-4-2/h6,12,14,16H,1,4-5,7-11H2,2-3H3;3H,1,4H2,2H3. The van der Waals surface area contributed by atoms with E-state index in [0.717, 1.165) is 18.3 Å². The first-order valence-electron chi connectivity index (χ1n) is 9.94. The summed E-state index contributed by atoms with van der Waals surface area (Å²) in [5, 5.41) is 0. The maximum Gasteiger partial charge on any atom is 0.0105 e. The van der Waals surface area contributed by atoms with Crippen molar-refractivity contribution in [3.8, 4) is 0 Å². The Kier molecular flexibility index (Phi) is 5.04. The van der Waals surface area contributed by atoms with Crippen LogP contribution in [0.15, 0.2) is 59.3 Å². The second-order valence-electron chi connectivity index (χ2n) is 8.33. The highest BCUT2D eigenvalue weighted by Gasteiger charge is 2.44. The second-order valence-corrected chi connectivity index (χ2v) is 8.33. The smallest absolute Gasteiger partial charge is 0.0105 e. The van der Waals surface area contributed by atoms with E-state index in [2.05, 4.69) is 46.1 Å². The Balaban J connectivity index is 0.000000383. The van der Waals surface area contributed by atoms with Crippen LogP contribution in [0.2, 0.25) is 0 Å². The van der Waals surface area contributed by atoms with Gasteiger partial charge >= 0.3 is 0 Å². The molecule has 3 unspecified atom stereocenters. The van der Waals surface area contributed by atoms with Crippen molar-refractivity contribution in [1.29, 1.82) is 0 Å². The van der Waals surface area contributed by atoms with Gasteiger partial charge in [-0.15, -0.1) is 6.58 Å². The molecule has 0 heterocycles. The van der Waals surface area contributed by atoms with Crippen molar-refractivity contribution in [2.24, 2.45) is 17.3 Å². The fraction of sp³-hybridized carbons (Fsp3) is 0.583. The molecule has 4 aliphatic carbocycles. The molecule has 4 aliphatic rings. The number of allylic oxidation sites excluding steroid dienone is 8. The van der Waals surface area contributed by atoms with Crippen molar-refractivity contribution < 1.29 is 0 Å². The predicted octanol–water partition coefficient (Wildman–Crippen LogP) is 7.32. The molecule has 3 atom stereocenters. The Labute approximate surface area is 149 Å². The maximum absolute atomic E-state index is 4.20. The van der Waals surface area contributed by atoms with Gasteiger partial charge in [-0.1, -0.05) is 62.3 Å². The molecule has 0 N–H and O–H groups in total. The summed E-state index contributed by atoms with van der Waals surface area (Å²) < 4.78 is 0. The lowest BCUT2D eigenvalue weighted by Crippen LogP contribution is -2.33. The molecule has 0 saturated carbocycles. The molecule has 0 amide bonds. The lowest BCUT2D eigenvalue weighted by Gasteiger charge is -2.47. The molecule has 0 spiro atoms. The Morgan fingerprint density at radius 3 is 2.71 bits per heavy atom. The highest BCUT2D eigenvalue weighted by atomic mass is 14.5. The van der Waals surface area contributed by atoms with E-state index in [4.69, 9.17) is 0 Å². The molecule has 0 heteroatoms. The minimum atomic E-state index is 0.367. The van der Waals surface area contributed by atoms with E-state index in [-0.39, 0.29) is 0 Å². The Morgan fingerprint density at radius 2 is 2.00 bits per heavy atom. The lowest BCUT2D eigenvalue weighted by molar-refractivity contribution is 0.334. The molecule has 0 fully saturated rings. The number of hydrogen-bond donors (Lipinski definition) is 0. The van der Waals surface area contributed by atoms with Crippen molar-refractivity contribution >= 4 is 0 Å². The second kappa shape index (κ2) is 6.90. The first-order valence-corrected chi connectivity index (χ1v) is 9.94. The van der Waals surface area contributed by atoms with Crippen LogP contribution in [-0.2, 0) is 0 Å². The van der Waals surface area contributed by atoms with Gasteiger partial charge in [0.1, 0.15) is 0 Å². The van der Waals surface area contributed by atoms with Crippen molar-refractivity contribution in [3.63, 3.8) is 0 Å². The normalized spacial score (nSPS) is 34.2. The van der Waals surface area contributed by atoms with E-state index < -0.39 is 0 Å². The fourth-order valence-electron chi connectivity index (χ4n) is 5.25. The Hall–Kier alpha value is -1.30. The first kappa shape index (κ1) is 17.5. The number of hydrogen-bond acceptors (Lipinski definition) is 0. The molecule has 0 aromatic heterocycles. The predicted molar refractivity (Wildman–Crippen MR) is 106 cm³/mol. The van der Waals surface area contributed by atoms with Gasteiger partial charge in [0.05, 0.1) is 0 Å². The largest absolute Gasteiger partial charge is 0.103 e. The molecule has 0 nitrogen and oxygen atoms in total. The van der Waals surface area contributed by atoms with Gasteiger partial charge in [-0.3, -0.25) is 0 Å². The van der Waals surface area contributed by atoms with Gasteiger partial charge in [0.15, 0.2) is 0 Å². The van der Waals surface area contributed by atoms with E-state index in [0.29, 0.717) is 5.41 Å². The van der Waals surface area contributed by atoms with Crippen LogP contribution < -0.4 is 0 Å². The van der Waals surface area contributed by atoms with Gasteiger partial charge in [-0.05, 0) is 74.3 Å². The van der Waals surface area contributed by atoms with Gasteiger partial charge in [0.25, 0.3) is 0 Å². The Morgan fingerprint density at radius 1 is 1.25 bits per heavy atom. The van der Waals surface area contributed by atoms with E-state index in [1.54, 1.807) is 22.3 Å². The SMILES string of the molecule is C=C1C=C2CCC3=C(CCC4C3=CCC4C)C2(C)CC1.C=CCC. The summed E-state index contributed by atoms with van der Waals surface area (Å²) in [7, 11) is 0. The third-order valence-electron chi connectivity index (χ3n) is 6.85. The molecule has 0 aliphatic heterocycles. The number of rotatable bonds is 1. The maximum atomic E-state index is 4.20. The molecular formula is C24H34. The van der Waals surface area contributed by atoms with E-state index in [1.165, 1.54) is 50.5 Å². The van der Waals surface area contributed by atoms with Crippen LogP contribution in [-0.4, -0.2) is 0 Å². The zero-order valence-electron chi connectivity index (χ0n) is 16.0. The van der Waals surface area contributed by atoms with Crippen molar-refractivity contribution in [3.05, 3.63) is 59.3 Å². The van der Waals surface area contributed by atoms with Crippen LogP contribution in [0.3, 0.4) is 0 Å². The molecule has 4 rings (SSSR count).